The van der Waals surface area contributed by atoms with E-state index < -0.39 is 0 Å². The fourth-order valence-electron chi connectivity index (χ4n) is 4.10. The van der Waals surface area contributed by atoms with Crippen molar-refractivity contribution in [3.05, 3.63) is 0 Å². The van der Waals surface area contributed by atoms with Gasteiger partial charge in [-0.05, 0) is 29.6 Å². The van der Waals surface area contributed by atoms with Crippen molar-refractivity contribution in [1.29, 1.82) is 0 Å². The molecular weight excluding hydrogens is 252 g/mol. The van der Waals surface area contributed by atoms with Crippen LogP contribution in [-0.4, -0.2) is 0 Å². The topological polar surface area (TPSA) is 0 Å². The van der Waals surface area contributed by atoms with Gasteiger partial charge in [-0.15, -0.1) is 0 Å². The van der Waals surface area contributed by atoms with E-state index in [0.29, 0.717) is 0 Å². The Hall–Kier alpha value is 0. The van der Waals surface area contributed by atoms with E-state index in [4.69, 9.17) is 0 Å². The Kier molecular flexibility index (Phi) is 9.69. The third-order valence-electron chi connectivity index (χ3n) is 6.54. The molecule has 1 aliphatic carbocycles. The highest BCUT2D eigenvalue weighted by Crippen LogP contribution is 2.32. The smallest absolute Gasteiger partial charge is 0.0388 e. The summed E-state index contributed by atoms with van der Waals surface area (Å²) in [6, 6.07) is 0. The summed E-state index contributed by atoms with van der Waals surface area (Å²) in [7, 11) is 0. The van der Waals surface area contributed by atoms with E-state index in [2.05, 4.69) is 34.6 Å². The first kappa shape index (κ1) is 19.0. The molecule has 1 saturated carbocycles. The lowest BCUT2D eigenvalue weighted by molar-refractivity contribution is 0.240. The predicted molar refractivity (Wildman–Crippen MR) is 96.6 cm³/mol. The molecule has 0 heterocycles. The Bertz CT molecular complexity index is 232. The molecule has 0 nitrogen and oxygen atoms in total. The SMILES string of the molecule is CCC(C)C(C)CCC(C)C1CCCCC(C)CCCC1. The van der Waals surface area contributed by atoms with E-state index in [-0.39, 0.29) is 0 Å². The van der Waals surface area contributed by atoms with Crippen LogP contribution in [0.1, 0.15) is 105 Å². The largest absolute Gasteiger partial charge is 0.0651 e. The van der Waals surface area contributed by atoms with Crippen LogP contribution in [0.2, 0.25) is 0 Å². The third-order valence-corrected chi connectivity index (χ3v) is 6.54. The lowest BCUT2D eigenvalue weighted by Crippen LogP contribution is -2.16. The molecule has 0 spiro atoms. The highest BCUT2D eigenvalue weighted by molar-refractivity contribution is 4.71. The van der Waals surface area contributed by atoms with Crippen LogP contribution in [0, 0.1) is 29.6 Å². The minimum atomic E-state index is 0.905. The molecule has 0 amide bonds. The minimum Gasteiger partial charge on any atom is -0.0651 e. The zero-order valence-electron chi connectivity index (χ0n) is 15.7. The van der Waals surface area contributed by atoms with Crippen LogP contribution in [0.4, 0.5) is 0 Å². The molecule has 0 heteroatoms. The molecule has 0 radical (unpaired) electrons. The summed E-state index contributed by atoms with van der Waals surface area (Å²) >= 11 is 0. The van der Waals surface area contributed by atoms with Crippen LogP contribution in [0.15, 0.2) is 0 Å². The average Bonchev–Trinajstić information content (AvgIpc) is 2.49. The maximum Gasteiger partial charge on any atom is -0.0388 e. The van der Waals surface area contributed by atoms with Crippen molar-refractivity contribution < 1.29 is 0 Å². The Morgan fingerprint density at radius 2 is 1.29 bits per heavy atom. The van der Waals surface area contributed by atoms with E-state index in [0.717, 1.165) is 29.6 Å². The summed E-state index contributed by atoms with van der Waals surface area (Å²) < 4.78 is 0. The Labute approximate surface area is 135 Å². The van der Waals surface area contributed by atoms with Crippen LogP contribution in [0.25, 0.3) is 0 Å². The van der Waals surface area contributed by atoms with Gasteiger partial charge in [0.15, 0.2) is 0 Å². The second-order valence-corrected chi connectivity index (χ2v) is 8.35. The average molecular weight is 295 g/mol. The fraction of sp³-hybridized carbons (Fsp3) is 1.00. The van der Waals surface area contributed by atoms with Gasteiger partial charge in [-0.25, -0.2) is 0 Å². The predicted octanol–water partition coefficient (Wildman–Crippen LogP) is 7.47. The molecule has 0 aliphatic heterocycles. The second kappa shape index (κ2) is 10.7. The van der Waals surface area contributed by atoms with E-state index in [1.54, 1.807) is 0 Å². The van der Waals surface area contributed by atoms with Crippen molar-refractivity contribution in [2.24, 2.45) is 29.6 Å². The lowest BCUT2D eigenvalue weighted by Gasteiger charge is -2.28. The molecule has 1 rings (SSSR count). The first-order valence-corrected chi connectivity index (χ1v) is 10.0. The van der Waals surface area contributed by atoms with Crippen molar-refractivity contribution in [3.8, 4) is 0 Å². The van der Waals surface area contributed by atoms with E-state index >= 15 is 0 Å². The maximum atomic E-state index is 2.54. The first-order valence-electron chi connectivity index (χ1n) is 10.0. The molecule has 0 aromatic heterocycles. The first-order chi connectivity index (χ1) is 10.0. The monoisotopic (exact) mass is 294 g/mol. The van der Waals surface area contributed by atoms with Gasteiger partial charge in [0.25, 0.3) is 0 Å². The highest BCUT2D eigenvalue weighted by atomic mass is 14.3. The fourth-order valence-corrected chi connectivity index (χ4v) is 4.10. The molecule has 21 heavy (non-hydrogen) atoms. The maximum absolute atomic E-state index is 2.54. The zero-order valence-corrected chi connectivity index (χ0v) is 15.7. The third kappa shape index (κ3) is 7.71. The molecule has 0 aromatic carbocycles. The molecule has 0 bridgehead atoms. The molecule has 1 aliphatic rings. The van der Waals surface area contributed by atoms with Crippen LogP contribution < -0.4 is 0 Å². The van der Waals surface area contributed by atoms with Gasteiger partial charge in [-0.3, -0.25) is 0 Å². The molecular formula is C21H42. The molecule has 0 N–H and O–H groups in total. The number of hydrogen-bond donors (Lipinski definition) is 0. The minimum absolute atomic E-state index is 0.905. The Balaban J connectivity index is 2.34. The summed E-state index contributed by atoms with van der Waals surface area (Å²) in [5.41, 5.74) is 0. The van der Waals surface area contributed by atoms with Gasteiger partial charge in [0.05, 0.1) is 0 Å². The lowest BCUT2D eigenvalue weighted by atomic mass is 9.78. The van der Waals surface area contributed by atoms with Gasteiger partial charge < -0.3 is 0 Å². The van der Waals surface area contributed by atoms with Crippen LogP contribution in [-0.2, 0) is 0 Å². The summed E-state index contributed by atoms with van der Waals surface area (Å²) in [5, 5.41) is 0. The van der Waals surface area contributed by atoms with Crippen LogP contribution >= 0.6 is 0 Å². The second-order valence-electron chi connectivity index (χ2n) is 8.35. The Morgan fingerprint density at radius 1 is 0.762 bits per heavy atom. The van der Waals surface area contributed by atoms with Gasteiger partial charge in [0.2, 0.25) is 0 Å². The van der Waals surface area contributed by atoms with Crippen molar-refractivity contribution in [1.82, 2.24) is 0 Å². The van der Waals surface area contributed by atoms with Gasteiger partial charge in [-0.1, -0.05) is 105 Å². The molecule has 0 saturated heterocycles. The Morgan fingerprint density at radius 3 is 1.81 bits per heavy atom. The molecule has 3 atom stereocenters. The van der Waals surface area contributed by atoms with E-state index in [1.165, 1.54) is 70.6 Å². The van der Waals surface area contributed by atoms with Crippen molar-refractivity contribution in [2.45, 2.75) is 105 Å². The standard InChI is InChI=1S/C21H42/c1-6-18(3)19(4)15-16-20(5)21-13-9-7-11-17(2)12-8-10-14-21/h17-21H,6-16H2,1-5H3. The summed E-state index contributed by atoms with van der Waals surface area (Å²) in [6.07, 6.45) is 16.2. The van der Waals surface area contributed by atoms with Crippen LogP contribution in [0.3, 0.4) is 0 Å². The van der Waals surface area contributed by atoms with Gasteiger partial charge in [0.1, 0.15) is 0 Å². The van der Waals surface area contributed by atoms with Gasteiger partial charge in [-0.2, -0.15) is 0 Å². The van der Waals surface area contributed by atoms with Crippen molar-refractivity contribution in [2.75, 3.05) is 0 Å². The zero-order chi connectivity index (χ0) is 15.7. The molecule has 126 valence electrons. The summed E-state index contributed by atoms with van der Waals surface area (Å²) in [6.45, 7) is 12.2. The van der Waals surface area contributed by atoms with Gasteiger partial charge in [0, 0.05) is 0 Å². The van der Waals surface area contributed by atoms with E-state index in [1.807, 2.05) is 0 Å². The molecule has 3 unspecified atom stereocenters. The van der Waals surface area contributed by atoms with Gasteiger partial charge >= 0.3 is 0 Å². The summed E-state index contributed by atoms with van der Waals surface area (Å²) in [4.78, 5) is 0. The number of hydrogen-bond acceptors (Lipinski definition) is 0. The quantitative estimate of drug-likeness (QED) is 0.476. The van der Waals surface area contributed by atoms with Crippen molar-refractivity contribution >= 4 is 0 Å². The molecule has 0 aromatic rings. The van der Waals surface area contributed by atoms with Crippen molar-refractivity contribution in [3.63, 3.8) is 0 Å². The normalized spacial score (nSPS) is 29.6. The summed E-state index contributed by atoms with van der Waals surface area (Å²) in [5.74, 6) is 4.77. The molecule has 1 fully saturated rings. The van der Waals surface area contributed by atoms with E-state index in [9.17, 15) is 0 Å². The highest BCUT2D eigenvalue weighted by Gasteiger charge is 2.20. The van der Waals surface area contributed by atoms with Crippen LogP contribution in [0.5, 0.6) is 0 Å². The number of rotatable bonds is 6.